The second-order valence-corrected chi connectivity index (χ2v) is 9.09. The maximum absolute atomic E-state index is 13.4. The average molecular weight is 504 g/mol. The number of piperidine rings is 1. The third-order valence-corrected chi connectivity index (χ3v) is 7.53. The van der Waals surface area contributed by atoms with Gasteiger partial charge >= 0.3 is 0 Å². The summed E-state index contributed by atoms with van der Waals surface area (Å²) in [5.41, 5.74) is 0.864. The normalized spacial score (nSPS) is 27.3. The summed E-state index contributed by atoms with van der Waals surface area (Å²) in [6, 6.07) is 6.54. The number of rotatable bonds is 7. The molecule has 2 saturated heterocycles. The fourth-order valence-electron chi connectivity index (χ4n) is 5.70. The third-order valence-electron chi connectivity index (χ3n) is 7.53. The summed E-state index contributed by atoms with van der Waals surface area (Å²) in [4.78, 5) is 16.0. The Bertz CT molecular complexity index is 763. The third kappa shape index (κ3) is 6.25. The molecular weight excluding hydrogens is 465 g/mol. The van der Waals surface area contributed by atoms with Gasteiger partial charge < -0.3 is 24.8 Å². The molecule has 1 aliphatic carbocycles. The Labute approximate surface area is 210 Å². The summed E-state index contributed by atoms with van der Waals surface area (Å²) in [5, 5.41) is 6.78. The van der Waals surface area contributed by atoms with Crippen molar-refractivity contribution in [2.24, 2.45) is 11.3 Å². The molecule has 4 rings (SSSR count). The maximum atomic E-state index is 13.4. The number of nitrogens with zero attached hydrogens (tertiary/aromatic N) is 1. The minimum atomic E-state index is -0.265. The van der Waals surface area contributed by atoms with Crippen molar-refractivity contribution < 1.29 is 19.0 Å². The first kappa shape index (κ1) is 28.0. The van der Waals surface area contributed by atoms with Crippen LogP contribution in [0.1, 0.15) is 31.2 Å². The van der Waals surface area contributed by atoms with Crippen LogP contribution in [0.5, 0.6) is 11.5 Å². The van der Waals surface area contributed by atoms with E-state index >= 15 is 0 Å². The number of morpholine rings is 1. The highest BCUT2D eigenvalue weighted by molar-refractivity contribution is 5.85. The molecule has 3 fully saturated rings. The molecule has 1 aromatic rings. The molecule has 0 aromatic heterocycles. The van der Waals surface area contributed by atoms with Gasteiger partial charge in [0.15, 0.2) is 11.5 Å². The zero-order chi connectivity index (χ0) is 21.7. The van der Waals surface area contributed by atoms with E-state index < -0.39 is 0 Å². The highest BCUT2D eigenvalue weighted by Gasteiger charge is 2.50. The van der Waals surface area contributed by atoms with E-state index in [2.05, 4.69) is 15.5 Å². The van der Waals surface area contributed by atoms with Crippen LogP contribution in [0.15, 0.2) is 18.2 Å². The van der Waals surface area contributed by atoms with E-state index in [-0.39, 0.29) is 36.1 Å². The molecule has 1 saturated carbocycles. The molecule has 1 aromatic carbocycles. The van der Waals surface area contributed by atoms with Crippen molar-refractivity contribution in [3.8, 4) is 11.5 Å². The van der Waals surface area contributed by atoms with Gasteiger partial charge in [-0.3, -0.25) is 9.69 Å². The number of nitrogens with one attached hydrogen (secondary N) is 2. The van der Waals surface area contributed by atoms with Gasteiger partial charge in [-0.05, 0) is 62.3 Å². The van der Waals surface area contributed by atoms with E-state index in [1.54, 1.807) is 14.2 Å². The van der Waals surface area contributed by atoms with Gasteiger partial charge in [0.25, 0.3) is 0 Å². The van der Waals surface area contributed by atoms with Crippen LogP contribution in [0.3, 0.4) is 0 Å². The maximum Gasteiger partial charge on any atom is 0.227 e. The van der Waals surface area contributed by atoms with E-state index in [9.17, 15) is 4.79 Å². The number of carbonyl (C=O) groups is 1. The number of methoxy groups -OCH3 is 2. The van der Waals surface area contributed by atoms with Crippen molar-refractivity contribution in [1.82, 2.24) is 15.5 Å². The van der Waals surface area contributed by atoms with Gasteiger partial charge in [-0.2, -0.15) is 0 Å². The molecule has 0 spiro atoms. The average Bonchev–Trinajstić information content (AvgIpc) is 2.84. The summed E-state index contributed by atoms with van der Waals surface area (Å²) in [6.45, 7) is 6.18. The molecule has 2 heterocycles. The molecule has 0 bridgehead atoms. The number of benzene rings is 1. The van der Waals surface area contributed by atoms with Crippen molar-refractivity contribution in [2.45, 2.75) is 38.1 Å². The van der Waals surface area contributed by atoms with Crippen molar-refractivity contribution in [2.75, 3.05) is 60.2 Å². The lowest BCUT2D eigenvalue weighted by molar-refractivity contribution is -0.140. The van der Waals surface area contributed by atoms with Crippen molar-refractivity contribution in [1.29, 1.82) is 0 Å². The smallest absolute Gasteiger partial charge is 0.227 e. The molecular formula is C24H39Cl2N3O4. The molecule has 0 radical (unpaired) electrons. The quantitative estimate of drug-likeness (QED) is 0.595. The second-order valence-electron chi connectivity index (χ2n) is 9.09. The Morgan fingerprint density at radius 3 is 2.67 bits per heavy atom. The molecule has 2 aliphatic heterocycles. The van der Waals surface area contributed by atoms with Crippen LogP contribution < -0.4 is 20.1 Å². The van der Waals surface area contributed by atoms with Crippen LogP contribution in [0.2, 0.25) is 0 Å². The van der Waals surface area contributed by atoms with Gasteiger partial charge in [0, 0.05) is 32.2 Å². The van der Waals surface area contributed by atoms with Gasteiger partial charge in [0.2, 0.25) is 5.91 Å². The summed E-state index contributed by atoms with van der Waals surface area (Å²) in [7, 11) is 3.28. The van der Waals surface area contributed by atoms with E-state index in [1.165, 1.54) is 0 Å². The Morgan fingerprint density at radius 2 is 1.94 bits per heavy atom. The minimum absolute atomic E-state index is 0. The Morgan fingerprint density at radius 1 is 1.18 bits per heavy atom. The van der Waals surface area contributed by atoms with Crippen LogP contribution in [0, 0.1) is 11.3 Å². The van der Waals surface area contributed by atoms with Crippen LogP contribution in [0.4, 0.5) is 0 Å². The van der Waals surface area contributed by atoms with E-state index in [1.807, 2.05) is 18.2 Å². The van der Waals surface area contributed by atoms with Crippen LogP contribution in [0.25, 0.3) is 0 Å². The lowest BCUT2D eigenvalue weighted by atomic mass is 9.61. The zero-order valence-electron chi connectivity index (χ0n) is 19.8. The van der Waals surface area contributed by atoms with Gasteiger partial charge in [-0.1, -0.05) is 6.07 Å². The number of carbonyl (C=O) groups excluding carboxylic acids is 1. The summed E-state index contributed by atoms with van der Waals surface area (Å²) < 4.78 is 16.2. The van der Waals surface area contributed by atoms with E-state index in [0.717, 1.165) is 88.6 Å². The van der Waals surface area contributed by atoms with E-state index in [4.69, 9.17) is 14.2 Å². The monoisotopic (exact) mass is 503 g/mol. The fraction of sp³-hybridized carbons (Fsp3) is 0.708. The molecule has 188 valence electrons. The number of fused-ring (bicyclic) bond motifs is 1. The van der Waals surface area contributed by atoms with Crippen molar-refractivity contribution in [3.05, 3.63) is 23.8 Å². The first-order valence-electron chi connectivity index (χ1n) is 11.7. The topological polar surface area (TPSA) is 72.1 Å². The summed E-state index contributed by atoms with van der Waals surface area (Å²) >= 11 is 0. The number of hydrogen-bond donors (Lipinski definition) is 2. The van der Waals surface area contributed by atoms with Crippen LogP contribution in [-0.4, -0.2) is 77.0 Å². The summed E-state index contributed by atoms with van der Waals surface area (Å²) in [6.07, 6.45) is 5.06. The predicted molar refractivity (Wildman–Crippen MR) is 134 cm³/mol. The molecule has 1 amide bonds. The van der Waals surface area contributed by atoms with Gasteiger partial charge in [0.1, 0.15) is 0 Å². The Balaban J connectivity index is 0.00000193. The minimum Gasteiger partial charge on any atom is -0.493 e. The van der Waals surface area contributed by atoms with E-state index in [0.29, 0.717) is 18.5 Å². The highest BCUT2D eigenvalue weighted by Crippen LogP contribution is 2.46. The number of hydrogen-bond acceptors (Lipinski definition) is 6. The molecule has 33 heavy (non-hydrogen) atoms. The molecule has 2 N–H and O–H groups in total. The largest absolute Gasteiger partial charge is 0.493 e. The van der Waals surface area contributed by atoms with Gasteiger partial charge in [0.05, 0.1) is 32.8 Å². The standard InChI is InChI=1S/C24H37N3O4.2ClH/c1-29-21-4-3-18(15-22(21)30-2)6-10-26-23(28)24-8-5-20(27-11-13-31-14-12-27)16-19(24)7-9-25-17-24;;/h3-4,15,19-20,25H,5-14,16-17H2,1-2H3,(H,26,28);2*1H/t19-,20-,24-;;/m1../s1. The molecule has 0 unspecified atom stereocenters. The van der Waals surface area contributed by atoms with Crippen LogP contribution >= 0.6 is 24.8 Å². The lowest BCUT2D eigenvalue weighted by Crippen LogP contribution is -2.60. The first-order chi connectivity index (χ1) is 15.2. The number of ether oxygens (including phenoxy) is 3. The molecule has 7 nitrogen and oxygen atoms in total. The summed E-state index contributed by atoms with van der Waals surface area (Å²) in [5.74, 6) is 2.13. The highest BCUT2D eigenvalue weighted by atomic mass is 35.5. The SMILES string of the molecule is COc1ccc(CCNC(=O)[C@@]23CC[C@@H](N4CCOCC4)C[C@H]2CCNC3)cc1OC.Cl.Cl. The first-order valence-corrected chi connectivity index (χ1v) is 11.7. The van der Waals surface area contributed by atoms with Gasteiger partial charge in [-0.25, -0.2) is 0 Å². The van der Waals surface area contributed by atoms with Crippen LogP contribution in [-0.2, 0) is 16.0 Å². The predicted octanol–water partition coefficient (Wildman–Crippen LogP) is 2.69. The Hall–Kier alpha value is -1.25. The second kappa shape index (κ2) is 13.0. The van der Waals surface area contributed by atoms with Gasteiger partial charge in [-0.15, -0.1) is 24.8 Å². The number of amides is 1. The van der Waals surface area contributed by atoms with Crippen molar-refractivity contribution >= 4 is 30.7 Å². The zero-order valence-corrected chi connectivity index (χ0v) is 21.4. The lowest BCUT2D eigenvalue weighted by Gasteiger charge is -2.50. The van der Waals surface area contributed by atoms with Crippen molar-refractivity contribution in [3.63, 3.8) is 0 Å². The number of halogens is 2. The Kier molecular flexibility index (Phi) is 11.0. The molecule has 3 aliphatic rings. The molecule has 3 atom stereocenters. The fourth-order valence-corrected chi connectivity index (χ4v) is 5.70. The molecule has 9 heteroatoms.